The van der Waals surface area contributed by atoms with Gasteiger partial charge in [-0.1, -0.05) is 140 Å². The number of hydrogen-bond acceptors (Lipinski definition) is 6. The van der Waals surface area contributed by atoms with Gasteiger partial charge in [-0.25, -0.2) is 4.79 Å². The first-order valence-electron chi connectivity index (χ1n) is 22.6. The first kappa shape index (κ1) is 51.5. The summed E-state index contributed by atoms with van der Waals surface area (Å²) in [4.78, 5) is 14.3. The summed E-state index contributed by atoms with van der Waals surface area (Å²) in [7, 11) is 4.00. The lowest BCUT2D eigenvalue weighted by Gasteiger charge is -2.16. The fraction of sp³-hybridized carbons (Fsp3) is 0.694. The molecule has 0 aliphatic heterocycles. The van der Waals surface area contributed by atoms with E-state index >= 15 is 0 Å². The zero-order chi connectivity index (χ0) is 40.6. The second kappa shape index (κ2) is 39.3. The Bertz CT molecular complexity index is 1110. The SMILES string of the molecule is CCCCC/C=C\C/C=C\CCCCCCCCOc1cc(COC(=O)OCCCN(C)C)cc(OCCCCCCCC/C=C\C/C=C\CCCCC)c1Br. The van der Waals surface area contributed by atoms with Crippen LogP contribution < -0.4 is 9.47 Å². The third-order valence-electron chi connectivity index (χ3n) is 9.60. The van der Waals surface area contributed by atoms with Gasteiger partial charge in [0.2, 0.25) is 0 Å². The minimum Gasteiger partial charge on any atom is -0.492 e. The van der Waals surface area contributed by atoms with Crippen molar-refractivity contribution in [2.75, 3.05) is 40.5 Å². The average molecular weight is 845 g/mol. The van der Waals surface area contributed by atoms with Gasteiger partial charge in [0, 0.05) is 6.54 Å². The third kappa shape index (κ3) is 32.6. The largest absolute Gasteiger partial charge is 0.508 e. The second-order valence-electron chi connectivity index (χ2n) is 15.3. The summed E-state index contributed by atoms with van der Waals surface area (Å²) in [6.45, 7) is 7.07. The second-order valence-corrected chi connectivity index (χ2v) is 16.1. The molecule has 0 N–H and O–H groups in total. The smallest absolute Gasteiger partial charge is 0.492 e. The molecule has 56 heavy (non-hydrogen) atoms. The highest BCUT2D eigenvalue weighted by Gasteiger charge is 2.14. The minimum absolute atomic E-state index is 0.0996. The number of halogens is 1. The molecule has 0 atom stereocenters. The van der Waals surface area contributed by atoms with Crippen LogP contribution >= 0.6 is 15.9 Å². The number of unbranched alkanes of at least 4 members (excludes halogenated alkanes) is 18. The molecular weight excluding hydrogens is 762 g/mol. The van der Waals surface area contributed by atoms with E-state index in [1.54, 1.807) is 0 Å². The van der Waals surface area contributed by atoms with Crippen molar-refractivity contribution >= 4 is 22.1 Å². The molecule has 0 saturated carbocycles. The molecule has 0 radical (unpaired) electrons. The van der Waals surface area contributed by atoms with E-state index < -0.39 is 6.16 Å². The molecule has 0 bridgehead atoms. The van der Waals surface area contributed by atoms with Crippen molar-refractivity contribution in [2.45, 2.75) is 181 Å². The molecular formula is C49H82BrNO5. The first-order chi connectivity index (χ1) is 27.5. The van der Waals surface area contributed by atoms with Crippen molar-refractivity contribution in [1.82, 2.24) is 4.90 Å². The van der Waals surface area contributed by atoms with Crippen molar-refractivity contribution < 1.29 is 23.7 Å². The summed E-state index contributed by atoms with van der Waals surface area (Å²) < 4.78 is 24.0. The highest BCUT2D eigenvalue weighted by atomic mass is 79.9. The van der Waals surface area contributed by atoms with Crippen LogP contribution in [0.4, 0.5) is 4.79 Å². The maximum Gasteiger partial charge on any atom is 0.508 e. The quantitative estimate of drug-likeness (QED) is 0.0375. The van der Waals surface area contributed by atoms with Crippen LogP contribution in [-0.4, -0.2) is 51.5 Å². The number of benzene rings is 1. The van der Waals surface area contributed by atoms with Gasteiger partial charge >= 0.3 is 6.16 Å². The van der Waals surface area contributed by atoms with E-state index in [-0.39, 0.29) is 6.61 Å². The molecule has 6 nitrogen and oxygen atoms in total. The summed E-state index contributed by atoms with van der Waals surface area (Å²) in [5, 5.41) is 0. The van der Waals surface area contributed by atoms with Crippen LogP contribution in [0.5, 0.6) is 11.5 Å². The molecule has 1 aromatic carbocycles. The molecule has 0 heterocycles. The van der Waals surface area contributed by atoms with Gasteiger partial charge in [-0.05, 0) is 131 Å². The summed E-state index contributed by atoms with van der Waals surface area (Å²) in [5.74, 6) is 1.44. The Hall–Kier alpha value is -2.51. The van der Waals surface area contributed by atoms with E-state index in [1.807, 2.05) is 26.2 Å². The van der Waals surface area contributed by atoms with Crippen LogP contribution in [0.25, 0.3) is 0 Å². The van der Waals surface area contributed by atoms with Crippen molar-refractivity contribution in [3.05, 3.63) is 70.8 Å². The normalized spacial score (nSPS) is 12.0. The molecule has 0 unspecified atom stereocenters. The van der Waals surface area contributed by atoms with Crippen LogP contribution in [0.3, 0.4) is 0 Å². The van der Waals surface area contributed by atoms with E-state index in [1.165, 1.54) is 116 Å². The lowest BCUT2D eigenvalue weighted by molar-refractivity contribution is 0.0479. The Morgan fingerprint density at radius 1 is 0.536 bits per heavy atom. The lowest BCUT2D eigenvalue weighted by Crippen LogP contribution is -2.16. The Labute approximate surface area is 353 Å². The molecule has 0 aliphatic rings. The Morgan fingerprint density at radius 3 is 1.38 bits per heavy atom. The number of ether oxygens (including phenoxy) is 4. The van der Waals surface area contributed by atoms with Gasteiger partial charge in [0.05, 0.1) is 19.8 Å². The van der Waals surface area contributed by atoms with Crippen molar-refractivity contribution in [3.63, 3.8) is 0 Å². The van der Waals surface area contributed by atoms with Crippen molar-refractivity contribution in [2.24, 2.45) is 0 Å². The van der Waals surface area contributed by atoms with Crippen LogP contribution in [0, 0.1) is 0 Å². The molecule has 0 saturated heterocycles. The maximum atomic E-state index is 12.2. The minimum atomic E-state index is -0.653. The van der Waals surface area contributed by atoms with E-state index in [2.05, 4.69) is 83.3 Å². The molecule has 0 spiro atoms. The van der Waals surface area contributed by atoms with Gasteiger partial charge in [-0.2, -0.15) is 0 Å². The summed E-state index contributed by atoms with van der Waals surface area (Å²) in [5.41, 5.74) is 0.817. The van der Waals surface area contributed by atoms with Crippen LogP contribution in [0.2, 0.25) is 0 Å². The fourth-order valence-corrected chi connectivity index (χ4v) is 6.64. The zero-order valence-electron chi connectivity index (χ0n) is 36.4. The summed E-state index contributed by atoms with van der Waals surface area (Å²) >= 11 is 3.74. The number of carbonyl (C=O) groups is 1. The Balaban J connectivity index is 2.41. The lowest BCUT2D eigenvalue weighted by atomic mass is 10.1. The summed E-state index contributed by atoms with van der Waals surface area (Å²) in [6, 6.07) is 3.87. The molecule has 0 aromatic heterocycles. The van der Waals surface area contributed by atoms with E-state index in [0.29, 0.717) is 19.8 Å². The maximum absolute atomic E-state index is 12.2. The average Bonchev–Trinajstić information content (AvgIpc) is 3.19. The zero-order valence-corrected chi connectivity index (χ0v) is 37.9. The molecule has 0 amide bonds. The van der Waals surface area contributed by atoms with Crippen molar-refractivity contribution in [3.8, 4) is 11.5 Å². The highest BCUT2D eigenvalue weighted by molar-refractivity contribution is 9.10. The van der Waals surface area contributed by atoms with Crippen LogP contribution in [0.1, 0.15) is 180 Å². The monoisotopic (exact) mass is 844 g/mol. The topological polar surface area (TPSA) is 57.2 Å². The van der Waals surface area contributed by atoms with Crippen LogP contribution in [0.15, 0.2) is 65.2 Å². The molecule has 0 aliphatic carbocycles. The number of carbonyl (C=O) groups excluding carboxylic acids is 1. The predicted octanol–water partition coefficient (Wildman–Crippen LogP) is 15.4. The van der Waals surface area contributed by atoms with E-state index in [4.69, 9.17) is 18.9 Å². The Morgan fingerprint density at radius 2 is 0.946 bits per heavy atom. The number of allylic oxidation sites excluding steroid dienone is 8. The molecule has 320 valence electrons. The van der Waals surface area contributed by atoms with E-state index in [9.17, 15) is 4.79 Å². The van der Waals surface area contributed by atoms with E-state index in [0.717, 1.165) is 73.0 Å². The van der Waals surface area contributed by atoms with Gasteiger partial charge in [0.15, 0.2) is 0 Å². The van der Waals surface area contributed by atoms with Gasteiger partial charge in [-0.3, -0.25) is 0 Å². The number of hydrogen-bond donors (Lipinski definition) is 0. The molecule has 7 heteroatoms. The van der Waals surface area contributed by atoms with Gasteiger partial charge in [-0.15, -0.1) is 0 Å². The summed E-state index contributed by atoms with van der Waals surface area (Å²) in [6.07, 6.45) is 47.8. The molecule has 1 aromatic rings. The fourth-order valence-electron chi connectivity index (χ4n) is 6.18. The Kier molecular flexibility index (Phi) is 36.2. The number of nitrogens with zero attached hydrogens (tertiary/aromatic N) is 1. The molecule has 1 rings (SSSR count). The van der Waals surface area contributed by atoms with Gasteiger partial charge in [0.25, 0.3) is 0 Å². The van der Waals surface area contributed by atoms with Gasteiger partial charge < -0.3 is 23.8 Å². The van der Waals surface area contributed by atoms with Crippen molar-refractivity contribution in [1.29, 1.82) is 0 Å². The molecule has 0 fully saturated rings. The predicted molar refractivity (Wildman–Crippen MR) is 243 cm³/mol. The highest BCUT2D eigenvalue weighted by Crippen LogP contribution is 2.37. The number of rotatable bonds is 38. The first-order valence-corrected chi connectivity index (χ1v) is 23.4. The standard InChI is InChI=1S/C49H82BrNO5/c1-5-7-9-11-13-15-17-19-21-23-25-27-29-31-33-35-39-53-46-42-45(44-56-49(52)55-41-37-38-51(3)4)43-47(48(46)50)54-40-36-34-32-30-28-26-24-22-20-18-16-14-12-10-8-6-2/h13-16,19-22,42-43H,5-12,17-18,23-41,44H2,1-4H3/b15-13-,16-14-,21-19-,22-20-. The van der Waals surface area contributed by atoms with Gasteiger partial charge in [0.1, 0.15) is 22.6 Å². The third-order valence-corrected chi connectivity index (χ3v) is 10.4. The van der Waals surface area contributed by atoms with Crippen LogP contribution in [-0.2, 0) is 16.1 Å².